The molecular formula is C18H28N2O2. The van der Waals surface area contributed by atoms with E-state index in [2.05, 4.69) is 41.5 Å². The second-order valence-electron chi connectivity index (χ2n) is 6.27. The molecule has 1 saturated heterocycles. The number of amides is 1. The van der Waals surface area contributed by atoms with Crippen molar-refractivity contribution >= 4 is 5.91 Å². The van der Waals surface area contributed by atoms with Gasteiger partial charge in [0.15, 0.2) is 0 Å². The zero-order valence-corrected chi connectivity index (χ0v) is 14.0. The number of rotatable bonds is 6. The molecule has 1 N–H and O–H groups in total. The Kier molecular flexibility index (Phi) is 5.98. The topological polar surface area (TPSA) is 41.6 Å². The summed E-state index contributed by atoms with van der Waals surface area (Å²) in [5.74, 6) is -0.0175. The molecule has 1 amide bonds. The van der Waals surface area contributed by atoms with Gasteiger partial charge in [-0.25, -0.2) is 0 Å². The van der Waals surface area contributed by atoms with E-state index in [4.69, 9.17) is 4.74 Å². The number of hydrogen-bond donors (Lipinski definition) is 1. The molecule has 2 rings (SSSR count). The van der Waals surface area contributed by atoms with E-state index < -0.39 is 0 Å². The lowest BCUT2D eigenvalue weighted by Crippen LogP contribution is -2.49. The maximum Gasteiger partial charge on any atom is 0.248 e. The summed E-state index contributed by atoms with van der Waals surface area (Å²) in [5, 5.41) is 3.11. The molecule has 0 unspecified atom stereocenters. The average Bonchev–Trinajstić information content (AvgIpc) is 2.55. The van der Waals surface area contributed by atoms with Crippen LogP contribution in [0.4, 0.5) is 0 Å². The molecule has 0 bridgehead atoms. The first kappa shape index (κ1) is 17.0. The van der Waals surface area contributed by atoms with Crippen molar-refractivity contribution in [2.24, 2.45) is 0 Å². The maximum absolute atomic E-state index is 12.2. The highest BCUT2D eigenvalue weighted by molar-refractivity contribution is 5.80. The fourth-order valence-electron chi connectivity index (χ4n) is 3.13. The predicted molar refractivity (Wildman–Crippen MR) is 88.9 cm³/mol. The summed E-state index contributed by atoms with van der Waals surface area (Å²) < 4.78 is 5.38. The van der Waals surface area contributed by atoms with Crippen molar-refractivity contribution in [3.05, 3.63) is 35.9 Å². The van der Waals surface area contributed by atoms with Crippen LogP contribution in [-0.2, 0) is 14.9 Å². The highest BCUT2D eigenvalue weighted by Crippen LogP contribution is 2.34. The van der Waals surface area contributed by atoms with Gasteiger partial charge in [0.25, 0.3) is 0 Å². The van der Waals surface area contributed by atoms with Gasteiger partial charge in [0.05, 0.1) is 0 Å². The van der Waals surface area contributed by atoms with Gasteiger partial charge in [-0.2, -0.15) is 0 Å². The molecule has 1 fully saturated rings. The fourth-order valence-corrected chi connectivity index (χ4v) is 3.13. The predicted octanol–water partition coefficient (Wildman–Crippen LogP) is 2.19. The van der Waals surface area contributed by atoms with Crippen LogP contribution in [0.15, 0.2) is 30.3 Å². The number of carbonyl (C=O) groups is 1. The Balaban J connectivity index is 2.08. The number of carbonyl (C=O) groups excluding carboxylic acids is 1. The zero-order chi connectivity index (χ0) is 16.0. The summed E-state index contributed by atoms with van der Waals surface area (Å²) in [7, 11) is 2.16. The lowest BCUT2D eigenvalue weighted by molar-refractivity contribution is -0.131. The lowest BCUT2D eigenvalue weighted by atomic mass is 9.72. The lowest BCUT2D eigenvalue weighted by Gasteiger charge is -2.41. The summed E-state index contributed by atoms with van der Waals surface area (Å²) in [6.07, 6.45) is 1.75. The van der Waals surface area contributed by atoms with E-state index in [9.17, 15) is 4.79 Å². The Hall–Kier alpha value is -1.39. The summed E-state index contributed by atoms with van der Waals surface area (Å²) in [6.45, 7) is 7.08. The quantitative estimate of drug-likeness (QED) is 0.876. The van der Waals surface area contributed by atoms with Gasteiger partial charge in [0, 0.05) is 18.6 Å². The SMILES string of the molecule is CCO[C@H](C)C(=O)NCC1(c2ccccc2)CCN(C)CC1. The molecule has 1 aliphatic heterocycles. The summed E-state index contributed by atoms with van der Waals surface area (Å²) in [4.78, 5) is 14.5. The van der Waals surface area contributed by atoms with Crippen molar-refractivity contribution in [2.45, 2.75) is 38.2 Å². The number of benzene rings is 1. The van der Waals surface area contributed by atoms with Crippen molar-refractivity contribution in [3.8, 4) is 0 Å². The molecule has 0 radical (unpaired) electrons. The molecule has 1 aromatic rings. The van der Waals surface area contributed by atoms with Crippen LogP contribution in [0.1, 0.15) is 32.3 Å². The minimum atomic E-state index is -0.385. The van der Waals surface area contributed by atoms with Crippen LogP contribution in [0.25, 0.3) is 0 Å². The van der Waals surface area contributed by atoms with Crippen molar-refractivity contribution in [1.82, 2.24) is 10.2 Å². The molecule has 22 heavy (non-hydrogen) atoms. The Labute approximate surface area is 133 Å². The van der Waals surface area contributed by atoms with Crippen LogP contribution >= 0.6 is 0 Å². The number of nitrogens with one attached hydrogen (secondary N) is 1. The molecule has 122 valence electrons. The number of likely N-dealkylation sites (tertiary alicyclic amines) is 1. The Morgan fingerprint density at radius 3 is 2.55 bits per heavy atom. The molecule has 4 nitrogen and oxygen atoms in total. The van der Waals surface area contributed by atoms with Gasteiger partial charge in [-0.3, -0.25) is 4.79 Å². The molecule has 0 saturated carbocycles. The monoisotopic (exact) mass is 304 g/mol. The number of hydrogen-bond acceptors (Lipinski definition) is 3. The van der Waals surface area contributed by atoms with Gasteiger partial charge in [0.1, 0.15) is 6.10 Å². The van der Waals surface area contributed by atoms with Crippen molar-refractivity contribution < 1.29 is 9.53 Å². The van der Waals surface area contributed by atoms with E-state index in [0.717, 1.165) is 25.9 Å². The van der Waals surface area contributed by atoms with Crippen molar-refractivity contribution in [1.29, 1.82) is 0 Å². The molecule has 0 aromatic heterocycles. The molecule has 1 aromatic carbocycles. The van der Waals surface area contributed by atoms with E-state index in [-0.39, 0.29) is 17.4 Å². The molecular weight excluding hydrogens is 276 g/mol. The van der Waals surface area contributed by atoms with Gasteiger partial charge in [-0.15, -0.1) is 0 Å². The average molecular weight is 304 g/mol. The summed E-state index contributed by atoms with van der Waals surface area (Å²) in [6, 6.07) is 10.6. The minimum absolute atomic E-state index is 0.0175. The molecule has 0 spiro atoms. The van der Waals surface area contributed by atoms with Gasteiger partial charge < -0.3 is 15.0 Å². The van der Waals surface area contributed by atoms with Crippen LogP contribution in [0.5, 0.6) is 0 Å². The van der Waals surface area contributed by atoms with E-state index in [1.54, 1.807) is 0 Å². The van der Waals surface area contributed by atoms with E-state index in [1.807, 2.05) is 19.9 Å². The molecule has 1 heterocycles. The first-order chi connectivity index (χ1) is 10.6. The smallest absolute Gasteiger partial charge is 0.248 e. The first-order valence-corrected chi connectivity index (χ1v) is 8.21. The first-order valence-electron chi connectivity index (χ1n) is 8.21. The van der Waals surface area contributed by atoms with Gasteiger partial charge in [-0.1, -0.05) is 30.3 Å². The highest BCUT2D eigenvalue weighted by atomic mass is 16.5. The van der Waals surface area contributed by atoms with Crippen LogP contribution in [-0.4, -0.2) is 50.2 Å². The summed E-state index contributed by atoms with van der Waals surface area (Å²) >= 11 is 0. The van der Waals surface area contributed by atoms with Crippen LogP contribution < -0.4 is 5.32 Å². The van der Waals surface area contributed by atoms with Gasteiger partial charge in [-0.05, 0) is 52.4 Å². The number of piperidine rings is 1. The van der Waals surface area contributed by atoms with Crippen LogP contribution in [0.2, 0.25) is 0 Å². The third-order valence-corrected chi connectivity index (χ3v) is 4.72. The molecule has 1 atom stereocenters. The van der Waals surface area contributed by atoms with Crippen LogP contribution in [0.3, 0.4) is 0 Å². The second kappa shape index (κ2) is 7.75. The van der Waals surface area contributed by atoms with E-state index in [1.165, 1.54) is 5.56 Å². The molecule has 0 aliphatic carbocycles. The van der Waals surface area contributed by atoms with E-state index in [0.29, 0.717) is 13.2 Å². The zero-order valence-electron chi connectivity index (χ0n) is 14.0. The Morgan fingerprint density at radius 2 is 1.95 bits per heavy atom. The van der Waals surface area contributed by atoms with Gasteiger partial charge >= 0.3 is 0 Å². The van der Waals surface area contributed by atoms with Crippen molar-refractivity contribution in [3.63, 3.8) is 0 Å². The third kappa shape index (κ3) is 4.08. The maximum atomic E-state index is 12.2. The highest BCUT2D eigenvalue weighted by Gasteiger charge is 2.35. The minimum Gasteiger partial charge on any atom is -0.369 e. The van der Waals surface area contributed by atoms with Crippen molar-refractivity contribution in [2.75, 3.05) is 33.3 Å². The van der Waals surface area contributed by atoms with Crippen LogP contribution in [0, 0.1) is 0 Å². The Morgan fingerprint density at radius 1 is 1.32 bits per heavy atom. The normalized spacial score (nSPS) is 19.6. The second-order valence-corrected chi connectivity index (χ2v) is 6.27. The van der Waals surface area contributed by atoms with Gasteiger partial charge in [0.2, 0.25) is 5.91 Å². The number of ether oxygens (including phenoxy) is 1. The number of nitrogens with zero attached hydrogens (tertiary/aromatic N) is 1. The molecule has 1 aliphatic rings. The van der Waals surface area contributed by atoms with E-state index >= 15 is 0 Å². The summed E-state index contributed by atoms with van der Waals surface area (Å²) in [5.41, 5.74) is 1.36. The molecule has 4 heteroatoms. The standard InChI is InChI=1S/C18H28N2O2/c1-4-22-15(2)17(21)19-14-18(10-12-20(3)13-11-18)16-8-6-5-7-9-16/h5-9,15H,4,10-14H2,1-3H3,(H,19,21)/t15-/m1/s1. The third-order valence-electron chi connectivity index (χ3n) is 4.72. The largest absolute Gasteiger partial charge is 0.369 e. The fraction of sp³-hybridized carbons (Fsp3) is 0.611. The Bertz CT molecular complexity index is 467.